The van der Waals surface area contributed by atoms with Gasteiger partial charge in [-0.15, -0.1) is 0 Å². The molecule has 0 N–H and O–H groups in total. The molecule has 0 aliphatic carbocycles. The maximum absolute atomic E-state index is 7.18. The Morgan fingerprint density at radius 3 is 0.935 bits per heavy atom. The van der Waals surface area contributed by atoms with Crippen molar-refractivity contribution in [2.75, 3.05) is 9.80 Å². The molecule has 12 aromatic carbocycles. The molecule has 0 bridgehead atoms. The molecule has 452 valence electrons. The molecule has 0 aliphatic heterocycles. The van der Waals surface area contributed by atoms with Gasteiger partial charge in [-0.1, -0.05) is 192 Å². The lowest BCUT2D eigenvalue weighted by atomic mass is 9.80. The largest absolute Gasteiger partial charge is 0.455 e. The van der Waals surface area contributed by atoms with E-state index in [1.54, 1.807) is 0 Å². The lowest BCUT2D eigenvalue weighted by Crippen LogP contribution is -2.17. The summed E-state index contributed by atoms with van der Waals surface area (Å²) >= 11 is 0. The van der Waals surface area contributed by atoms with Crippen molar-refractivity contribution >= 4 is 132 Å². The average Bonchev–Trinajstić information content (AvgIpc) is 1.57. The van der Waals surface area contributed by atoms with Gasteiger partial charge >= 0.3 is 0 Å². The van der Waals surface area contributed by atoms with Gasteiger partial charge in [-0.25, -0.2) is 0 Å². The van der Waals surface area contributed by atoms with Crippen LogP contribution in [0.15, 0.2) is 251 Å². The highest BCUT2D eigenvalue weighted by Crippen LogP contribution is 2.50. The quantitative estimate of drug-likeness (QED) is 0.152. The fourth-order valence-electron chi connectivity index (χ4n) is 14.2. The number of hydrogen-bond donors (Lipinski definition) is 0. The van der Waals surface area contributed by atoms with E-state index in [0.717, 1.165) is 111 Å². The summed E-state index contributed by atoms with van der Waals surface area (Å²) in [5.41, 5.74) is 21.5. The molecule has 0 saturated heterocycles. The van der Waals surface area contributed by atoms with E-state index in [4.69, 9.17) is 8.83 Å². The summed E-state index contributed by atoms with van der Waals surface area (Å²) < 4.78 is 19.4. The van der Waals surface area contributed by atoms with Crippen LogP contribution in [0, 0.1) is 0 Å². The minimum Gasteiger partial charge on any atom is -0.455 e. The summed E-state index contributed by atoms with van der Waals surface area (Å²) in [6, 6.07) is 89.5. The van der Waals surface area contributed by atoms with Crippen LogP contribution in [0.5, 0.6) is 0 Å². The second-order valence-corrected chi connectivity index (χ2v) is 29.5. The molecule has 0 saturated carbocycles. The third-order valence-corrected chi connectivity index (χ3v) is 19.2. The molecule has 0 spiro atoms. The molecular weight excluding hydrogens is 1120 g/mol. The van der Waals surface area contributed by atoms with Crippen molar-refractivity contribution < 1.29 is 8.83 Å². The molecule has 0 aliphatic rings. The van der Waals surface area contributed by atoms with E-state index < -0.39 is 0 Å². The van der Waals surface area contributed by atoms with Gasteiger partial charge in [0.05, 0.1) is 33.4 Å². The third kappa shape index (κ3) is 9.20. The van der Waals surface area contributed by atoms with E-state index in [1.165, 1.54) is 54.8 Å². The predicted molar refractivity (Wildman–Crippen MR) is 391 cm³/mol. The van der Waals surface area contributed by atoms with Gasteiger partial charge in [0.1, 0.15) is 22.3 Å². The zero-order valence-electron chi connectivity index (χ0n) is 54.7. The highest BCUT2D eigenvalue weighted by molar-refractivity contribution is 6.23. The number of nitrogens with zero attached hydrogens (tertiary/aromatic N) is 4. The van der Waals surface area contributed by atoms with Crippen molar-refractivity contribution in [2.24, 2.45) is 0 Å². The zero-order chi connectivity index (χ0) is 63.3. The molecule has 0 fully saturated rings. The van der Waals surface area contributed by atoms with Crippen LogP contribution < -0.4 is 9.80 Å². The number of fused-ring (bicyclic) bond motifs is 15. The lowest BCUT2D eigenvalue weighted by Gasteiger charge is -2.28. The first-order chi connectivity index (χ1) is 44.2. The first-order valence-electron chi connectivity index (χ1n) is 32.5. The number of hydrogen-bond acceptors (Lipinski definition) is 4. The van der Waals surface area contributed by atoms with Gasteiger partial charge in [-0.2, -0.15) is 0 Å². The Morgan fingerprint density at radius 2 is 0.576 bits per heavy atom. The summed E-state index contributed by atoms with van der Waals surface area (Å²) in [6.07, 6.45) is 0. The topological polar surface area (TPSA) is 42.6 Å². The van der Waals surface area contributed by atoms with Crippen molar-refractivity contribution in [3.05, 3.63) is 265 Å². The number of benzene rings is 12. The van der Waals surface area contributed by atoms with Crippen LogP contribution in [-0.4, -0.2) is 9.13 Å². The van der Waals surface area contributed by atoms with E-state index in [1.807, 2.05) is 0 Å². The smallest absolute Gasteiger partial charge is 0.143 e. The van der Waals surface area contributed by atoms with Crippen molar-refractivity contribution in [3.8, 4) is 11.4 Å². The Balaban J connectivity index is 0.845. The van der Waals surface area contributed by atoms with E-state index in [9.17, 15) is 0 Å². The molecule has 0 unspecified atom stereocenters. The Morgan fingerprint density at radius 1 is 0.261 bits per heavy atom. The molecule has 4 aromatic heterocycles. The van der Waals surface area contributed by atoms with Gasteiger partial charge in [0.15, 0.2) is 0 Å². The molecule has 92 heavy (non-hydrogen) atoms. The number of rotatable bonds is 8. The number of furan rings is 2. The Hall–Kier alpha value is -10.3. The fourth-order valence-corrected chi connectivity index (χ4v) is 14.2. The highest BCUT2D eigenvalue weighted by Gasteiger charge is 2.29. The maximum Gasteiger partial charge on any atom is 0.143 e. The number of anilines is 6. The Kier molecular flexibility index (Phi) is 12.7. The second-order valence-electron chi connectivity index (χ2n) is 29.5. The van der Waals surface area contributed by atoms with E-state index in [2.05, 4.69) is 345 Å². The van der Waals surface area contributed by atoms with Gasteiger partial charge < -0.3 is 27.8 Å². The van der Waals surface area contributed by atoms with Gasteiger partial charge in [0, 0.05) is 100 Å². The van der Waals surface area contributed by atoms with Crippen molar-refractivity contribution in [1.82, 2.24) is 9.13 Å². The summed E-state index contributed by atoms with van der Waals surface area (Å²) in [5.74, 6) is 0. The fraction of sp³-hybridized carbons (Fsp3) is 0.186. The molecule has 0 radical (unpaired) electrons. The molecular formula is C86H76N4O2. The maximum atomic E-state index is 7.18. The normalized spacial score (nSPS) is 12.8. The summed E-state index contributed by atoms with van der Waals surface area (Å²) in [6.45, 7) is 27.8. The van der Waals surface area contributed by atoms with Gasteiger partial charge in [0.2, 0.25) is 0 Å². The third-order valence-electron chi connectivity index (χ3n) is 19.2. The van der Waals surface area contributed by atoms with Crippen LogP contribution in [0.4, 0.5) is 34.1 Å². The van der Waals surface area contributed by atoms with Crippen LogP contribution in [0.25, 0.3) is 110 Å². The van der Waals surface area contributed by atoms with Crippen LogP contribution in [0.3, 0.4) is 0 Å². The standard InChI is InChI=1S/C86H76N4O2/c1-83(2,3)53-45-54(84(4,5)6)48-61(47-53)89-73-33-21-19-29-63(73)67-31-23-35-75(79(67)89)87(57-25-15-13-16-26-57)59-37-39-65-69-41-43-72-71(81(69)91-77(65)51-59)44-42-70-66-40-38-60(52-78(66)92-82(70)72)88(58-27-17-14-18-28-58)76-36-24-32-68-64-30-20-22-34-74(64)90(80(68)76)62-49-55(85(7,8)9)46-56(50-62)86(10,11)12/h13-52H,1-12H3. The Bertz CT molecular complexity index is 5210. The highest BCUT2D eigenvalue weighted by atomic mass is 16.3. The molecule has 16 rings (SSSR count). The zero-order valence-corrected chi connectivity index (χ0v) is 54.7. The SMILES string of the molecule is CC(C)(C)c1cc(-n2c3ccccc3c3cccc(N(c4ccccc4)c4ccc5c(c4)oc4c5ccc5c4ccc4c6ccc(N(c7ccccc7)c7cccc8c9ccccc9n(-c9cc(C(C)(C)C)cc(C(C)(C)C)c9)c78)cc6oc45)c32)cc(C(C)(C)C)c1. The lowest BCUT2D eigenvalue weighted by molar-refractivity contribution is 0.567. The molecule has 6 heteroatoms. The van der Waals surface area contributed by atoms with Gasteiger partial charge in [-0.3, -0.25) is 0 Å². The molecule has 4 heterocycles. The first kappa shape index (κ1) is 56.9. The van der Waals surface area contributed by atoms with Crippen molar-refractivity contribution in [1.29, 1.82) is 0 Å². The summed E-state index contributed by atoms with van der Waals surface area (Å²) in [5, 5.41) is 11.1. The summed E-state index contributed by atoms with van der Waals surface area (Å²) in [4.78, 5) is 4.81. The molecule has 0 amide bonds. The predicted octanol–water partition coefficient (Wildman–Crippen LogP) is 25.0. The van der Waals surface area contributed by atoms with Crippen LogP contribution >= 0.6 is 0 Å². The minimum atomic E-state index is -0.0606. The average molecular weight is 1200 g/mol. The molecule has 16 aromatic rings. The van der Waals surface area contributed by atoms with Crippen LogP contribution in [0.2, 0.25) is 0 Å². The van der Waals surface area contributed by atoms with Crippen molar-refractivity contribution in [3.63, 3.8) is 0 Å². The van der Waals surface area contributed by atoms with E-state index >= 15 is 0 Å². The summed E-state index contributed by atoms with van der Waals surface area (Å²) in [7, 11) is 0. The van der Waals surface area contributed by atoms with Crippen molar-refractivity contribution in [2.45, 2.75) is 105 Å². The van der Waals surface area contributed by atoms with E-state index in [-0.39, 0.29) is 21.7 Å². The van der Waals surface area contributed by atoms with Crippen LogP contribution in [0.1, 0.15) is 105 Å². The van der Waals surface area contributed by atoms with E-state index in [0.29, 0.717) is 0 Å². The Labute approximate surface area is 538 Å². The second kappa shape index (κ2) is 20.6. The first-order valence-corrected chi connectivity index (χ1v) is 32.5. The number of para-hydroxylation sites is 6. The monoisotopic (exact) mass is 1200 g/mol. The number of aromatic nitrogens is 2. The minimum absolute atomic E-state index is 0.0606. The molecule has 0 atom stereocenters. The van der Waals surface area contributed by atoms with Gasteiger partial charge in [-0.05, 0) is 165 Å². The van der Waals surface area contributed by atoms with Gasteiger partial charge in [0.25, 0.3) is 0 Å². The van der Waals surface area contributed by atoms with Crippen LogP contribution in [-0.2, 0) is 21.7 Å². The molecule has 6 nitrogen and oxygen atoms in total.